The van der Waals surface area contributed by atoms with E-state index in [0.29, 0.717) is 32.0 Å². The number of hydrogen-bond acceptors (Lipinski definition) is 5. The Morgan fingerprint density at radius 2 is 1.86 bits per heavy atom. The zero-order valence-electron chi connectivity index (χ0n) is 19.4. The Balaban J connectivity index is 2.20. The lowest BCUT2D eigenvalue weighted by Crippen LogP contribution is -2.34. The summed E-state index contributed by atoms with van der Waals surface area (Å²) >= 11 is 0. The molecule has 1 unspecified atom stereocenters. The Hall–Kier alpha value is -3.05. The number of rotatable bonds is 8. The Morgan fingerprint density at radius 1 is 1.14 bits per heavy atom. The highest BCUT2D eigenvalue weighted by Gasteiger charge is 2.49. The van der Waals surface area contributed by atoms with Gasteiger partial charge < -0.3 is 9.64 Å². The Labute approximate surface area is 198 Å². The number of fused-ring (bicyclic) bond motifs is 1. The first-order valence-corrected chi connectivity index (χ1v) is 11.2. The van der Waals surface area contributed by atoms with E-state index in [0.717, 1.165) is 24.8 Å². The van der Waals surface area contributed by atoms with Crippen LogP contribution in [0.25, 0.3) is 11.3 Å². The molecule has 1 aliphatic rings. The third-order valence-electron chi connectivity index (χ3n) is 5.49. The fraction of sp³-hybridized carbons (Fsp3) is 0.522. The number of aromatic nitrogens is 2. The average molecular weight is 504 g/mol. The van der Waals surface area contributed by atoms with Crippen LogP contribution in [-0.2, 0) is 10.9 Å². The predicted octanol–water partition coefficient (Wildman–Crippen LogP) is 6.98. The average Bonchev–Trinajstić information content (AvgIpc) is 2.76. The van der Waals surface area contributed by atoms with Gasteiger partial charge in [-0.15, -0.1) is 0 Å². The minimum Gasteiger partial charge on any atom is -0.431 e. The highest BCUT2D eigenvalue weighted by molar-refractivity contribution is 5.89. The monoisotopic (exact) mass is 504 g/mol. The van der Waals surface area contributed by atoms with Crippen LogP contribution in [0.2, 0.25) is 0 Å². The molecule has 12 heteroatoms. The molecule has 2 aromatic heterocycles. The SMILES string of the molecule is CCCCN(CCC(C)C)c1cc(C(F)(F)F)cc(-c2ccnc3c2C(C(F)(F)F)OC(=O)N3)n1. The number of carbonyl (C=O) groups excluding carboxylic acids is 1. The maximum absolute atomic E-state index is 13.8. The second-order valence-electron chi connectivity index (χ2n) is 8.69. The van der Waals surface area contributed by atoms with Crippen LogP contribution in [0.1, 0.15) is 57.3 Å². The van der Waals surface area contributed by atoms with Crippen molar-refractivity contribution in [3.8, 4) is 11.3 Å². The van der Waals surface area contributed by atoms with Crippen molar-refractivity contribution in [2.45, 2.75) is 58.5 Å². The van der Waals surface area contributed by atoms with Gasteiger partial charge in [-0.2, -0.15) is 26.3 Å². The van der Waals surface area contributed by atoms with Crippen LogP contribution in [0.5, 0.6) is 0 Å². The van der Waals surface area contributed by atoms with Gasteiger partial charge in [0.2, 0.25) is 6.10 Å². The zero-order valence-corrected chi connectivity index (χ0v) is 19.4. The summed E-state index contributed by atoms with van der Waals surface area (Å²) in [4.78, 5) is 21.5. The van der Waals surface area contributed by atoms with Crippen molar-refractivity contribution in [1.29, 1.82) is 0 Å². The highest BCUT2D eigenvalue weighted by Crippen LogP contribution is 2.46. The molecule has 1 N–H and O–H groups in total. The van der Waals surface area contributed by atoms with Gasteiger partial charge in [-0.25, -0.2) is 14.8 Å². The quantitative estimate of drug-likeness (QED) is 0.393. The molecule has 35 heavy (non-hydrogen) atoms. The molecule has 2 aromatic rings. The van der Waals surface area contributed by atoms with Crippen LogP contribution < -0.4 is 10.2 Å². The summed E-state index contributed by atoms with van der Waals surface area (Å²) in [7, 11) is 0. The summed E-state index contributed by atoms with van der Waals surface area (Å²) in [5.74, 6) is -0.145. The molecule has 0 aliphatic carbocycles. The topological polar surface area (TPSA) is 67.4 Å². The summed E-state index contributed by atoms with van der Waals surface area (Å²) in [6.07, 6.45) is -10.5. The molecule has 192 valence electrons. The second-order valence-corrected chi connectivity index (χ2v) is 8.69. The molecule has 0 spiro atoms. The number of hydrogen-bond donors (Lipinski definition) is 1. The zero-order chi connectivity index (χ0) is 26.0. The van der Waals surface area contributed by atoms with E-state index in [2.05, 4.69) is 20.0 Å². The van der Waals surface area contributed by atoms with E-state index in [9.17, 15) is 31.1 Å². The number of cyclic esters (lactones) is 1. The second kappa shape index (κ2) is 10.3. The molecule has 1 aliphatic heterocycles. The minimum absolute atomic E-state index is 0.0128. The number of anilines is 2. The van der Waals surface area contributed by atoms with Gasteiger partial charge in [-0.3, -0.25) is 5.32 Å². The van der Waals surface area contributed by atoms with E-state index in [1.165, 1.54) is 0 Å². The number of amides is 1. The molecule has 0 aromatic carbocycles. The first-order valence-electron chi connectivity index (χ1n) is 11.2. The summed E-state index contributed by atoms with van der Waals surface area (Å²) in [5.41, 5.74) is -2.23. The first-order chi connectivity index (χ1) is 16.3. The number of nitrogens with one attached hydrogen (secondary N) is 1. The molecule has 1 atom stereocenters. The summed E-state index contributed by atoms with van der Waals surface area (Å²) in [6, 6.07) is 2.74. The van der Waals surface area contributed by atoms with Crippen molar-refractivity contribution >= 4 is 17.7 Å². The smallest absolute Gasteiger partial charge is 0.430 e. The van der Waals surface area contributed by atoms with E-state index in [-0.39, 0.29) is 23.0 Å². The van der Waals surface area contributed by atoms with Crippen molar-refractivity contribution in [3.05, 3.63) is 35.5 Å². The van der Waals surface area contributed by atoms with Gasteiger partial charge in [0, 0.05) is 24.8 Å². The van der Waals surface area contributed by atoms with Crippen LogP contribution in [0.15, 0.2) is 24.4 Å². The lowest BCUT2D eigenvalue weighted by molar-refractivity contribution is -0.206. The molecule has 0 radical (unpaired) electrons. The van der Waals surface area contributed by atoms with E-state index >= 15 is 0 Å². The maximum Gasteiger partial charge on any atom is 0.430 e. The van der Waals surface area contributed by atoms with Crippen molar-refractivity contribution in [2.24, 2.45) is 5.92 Å². The van der Waals surface area contributed by atoms with E-state index < -0.39 is 41.5 Å². The maximum atomic E-state index is 13.8. The molecule has 0 saturated carbocycles. The Kier molecular flexibility index (Phi) is 7.80. The number of unbranched alkanes of at least 4 members (excludes halogenated alkanes) is 1. The third-order valence-corrected chi connectivity index (χ3v) is 5.49. The fourth-order valence-corrected chi connectivity index (χ4v) is 3.67. The van der Waals surface area contributed by atoms with Gasteiger partial charge in [0.15, 0.2) is 0 Å². The van der Waals surface area contributed by atoms with Crippen LogP contribution in [0.4, 0.5) is 42.8 Å². The van der Waals surface area contributed by atoms with Gasteiger partial charge in [0.05, 0.1) is 16.8 Å². The van der Waals surface area contributed by atoms with Crippen LogP contribution in [-0.4, -0.2) is 35.3 Å². The largest absolute Gasteiger partial charge is 0.431 e. The highest BCUT2D eigenvalue weighted by atomic mass is 19.4. The third kappa shape index (κ3) is 6.34. The number of alkyl halides is 6. The van der Waals surface area contributed by atoms with Crippen molar-refractivity contribution < 1.29 is 35.9 Å². The van der Waals surface area contributed by atoms with Gasteiger partial charge in [-0.1, -0.05) is 27.2 Å². The molecular formula is C23H26F6N4O2. The lowest BCUT2D eigenvalue weighted by atomic mass is 9.98. The van der Waals surface area contributed by atoms with Gasteiger partial charge in [-0.05, 0) is 37.0 Å². The molecule has 3 heterocycles. The molecule has 6 nitrogen and oxygen atoms in total. The number of carbonyl (C=O) groups is 1. The summed E-state index contributed by atoms with van der Waals surface area (Å²) in [5, 5.41) is 2.08. The molecule has 0 fully saturated rings. The molecule has 1 amide bonds. The predicted molar refractivity (Wildman–Crippen MR) is 118 cm³/mol. The minimum atomic E-state index is -5.01. The van der Waals surface area contributed by atoms with Crippen LogP contribution in [0.3, 0.4) is 0 Å². The standard InChI is InChI=1S/C23H26F6N4O2/c1-4-5-9-33(10-7-13(2)3)17-12-14(22(24,25)26)11-16(31-17)15-6-8-30-20-18(15)19(23(27,28)29)35-21(34)32-20/h6,8,11-13,19H,4-5,7,9-10H2,1-3H3,(H,30,32,34). The Bertz CT molecular complexity index is 1060. The summed E-state index contributed by atoms with van der Waals surface area (Å²) < 4.78 is 87.2. The van der Waals surface area contributed by atoms with Crippen LogP contribution in [0, 0.1) is 5.92 Å². The van der Waals surface area contributed by atoms with E-state index in [4.69, 9.17) is 0 Å². The normalized spacial score (nSPS) is 16.1. The number of pyridine rings is 2. The van der Waals surface area contributed by atoms with Gasteiger partial charge in [0.1, 0.15) is 11.6 Å². The van der Waals surface area contributed by atoms with Crippen molar-refractivity contribution in [2.75, 3.05) is 23.3 Å². The van der Waals surface area contributed by atoms with Gasteiger partial charge >= 0.3 is 18.4 Å². The number of nitrogens with zero attached hydrogens (tertiary/aromatic N) is 3. The first kappa shape index (κ1) is 26.6. The molecule has 3 rings (SSSR count). The molecular weight excluding hydrogens is 478 g/mol. The molecule has 0 saturated heterocycles. The number of halogens is 6. The Morgan fingerprint density at radius 3 is 2.46 bits per heavy atom. The van der Waals surface area contributed by atoms with Gasteiger partial charge in [0.25, 0.3) is 0 Å². The van der Waals surface area contributed by atoms with Crippen molar-refractivity contribution in [1.82, 2.24) is 9.97 Å². The van der Waals surface area contributed by atoms with Crippen molar-refractivity contribution in [3.63, 3.8) is 0 Å². The van der Waals surface area contributed by atoms with E-state index in [1.807, 2.05) is 20.8 Å². The number of ether oxygens (including phenoxy) is 1. The summed E-state index contributed by atoms with van der Waals surface area (Å²) in [6.45, 7) is 6.79. The molecule has 0 bridgehead atoms. The van der Waals surface area contributed by atoms with E-state index in [1.54, 1.807) is 4.90 Å². The lowest BCUT2D eigenvalue weighted by Gasteiger charge is -2.29. The fourth-order valence-electron chi connectivity index (χ4n) is 3.67. The van der Waals surface area contributed by atoms with Crippen LogP contribution >= 0.6 is 0 Å².